The second kappa shape index (κ2) is 5.56. The van der Waals surface area contributed by atoms with Crippen molar-refractivity contribution in [2.45, 2.75) is 19.8 Å². The lowest BCUT2D eigenvalue weighted by Crippen LogP contribution is -2.28. The Morgan fingerprint density at radius 3 is 3.00 bits per heavy atom. The summed E-state index contributed by atoms with van der Waals surface area (Å²) in [7, 11) is 1.62. The zero-order valence-corrected chi connectivity index (χ0v) is 13.2. The second-order valence-electron chi connectivity index (χ2n) is 5.49. The van der Waals surface area contributed by atoms with Crippen LogP contribution in [0.3, 0.4) is 0 Å². The number of thiophene rings is 1. The van der Waals surface area contributed by atoms with E-state index in [0.717, 1.165) is 41.8 Å². The van der Waals surface area contributed by atoms with E-state index in [1.165, 1.54) is 11.3 Å². The molecule has 1 atom stereocenters. The lowest BCUT2D eigenvalue weighted by molar-refractivity contribution is 0.0792. The molecule has 5 heteroatoms. The van der Waals surface area contributed by atoms with E-state index in [0.29, 0.717) is 16.5 Å². The molecule has 0 saturated carbocycles. The maximum absolute atomic E-state index is 12.7. The Bertz CT molecular complexity index is 680. The fourth-order valence-corrected chi connectivity index (χ4v) is 4.07. The third-order valence-corrected chi connectivity index (χ3v) is 5.44. The number of carbonyl (C=O) groups excluding carboxylic acids is 1. The van der Waals surface area contributed by atoms with Crippen LogP contribution in [0.25, 0.3) is 10.1 Å². The molecule has 0 aliphatic carbocycles. The van der Waals surface area contributed by atoms with Gasteiger partial charge in [0.15, 0.2) is 0 Å². The van der Waals surface area contributed by atoms with Gasteiger partial charge in [0.1, 0.15) is 10.6 Å². The number of nitrogens with two attached hydrogens (primary N) is 1. The summed E-state index contributed by atoms with van der Waals surface area (Å²) in [6.45, 7) is 3.86. The Labute approximate surface area is 128 Å². The SMILES string of the molecule is CCC1CCN(C(=O)c2sc3cccc(OC)c3c2N)C1. The molecule has 1 aliphatic rings. The van der Waals surface area contributed by atoms with Crippen LogP contribution in [0.15, 0.2) is 18.2 Å². The van der Waals surface area contributed by atoms with E-state index in [1.54, 1.807) is 7.11 Å². The van der Waals surface area contributed by atoms with Gasteiger partial charge in [-0.25, -0.2) is 0 Å². The third kappa shape index (κ3) is 2.35. The van der Waals surface area contributed by atoms with E-state index in [9.17, 15) is 4.79 Å². The maximum atomic E-state index is 12.7. The van der Waals surface area contributed by atoms with Crippen LogP contribution in [-0.4, -0.2) is 31.0 Å². The van der Waals surface area contributed by atoms with Gasteiger partial charge < -0.3 is 15.4 Å². The van der Waals surface area contributed by atoms with Crippen molar-refractivity contribution < 1.29 is 9.53 Å². The summed E-state index contributed by atoms with van der Waals surface area (Å²) in [6.07, 6.45) is 2.22. The Morgan fingerprint density at radius 2 is 2.33 bits per heavy atom. The highest BCUT2D eigenvalue weighted by Gasteiger charge is 2.29. The van der Waals surface area contributed by atoms with Gasteiger partial charge in [0.05, 0.1) is 18.2 Å². The summed E-state index contributed by atoms with van der Waals surface area (Å²) in [6, 6.07) is 5.78. The van der Waals surface area contributed by atoms with Crippen molar-refractivity contribution in [3.63, 3.8) is 0 Å². The number of nitrogens with zero attached hydrogens (tertiary/aromatic N) is 1. The van der Waals surface area contributed by atoms with Gasteiger partial charge in [-0.2, -0.15) is 0 Å². The highest BCUT2D eigenvalue weighted by atomic mass is 32.1. The van der Waals surface area contributed by atoms with Crippen molar-refractivity contribution in [1.29, 1.82) is 0 Å². The molecule has 2 aromatic rings. The van der Waals surface area contributed by atoms with Gasteiger partial charge in [-0.05, 0) is 24.5 Å². The van der Waals surface area contributed by atoms with Crippen LogP contribution >= 0.6 is 11.3 Å². The molecule has 4 nitrogen and oxygen atoms in total. The smallest absolute Gasteiger partial charge is 0.266 e. The number of likely N-dealkylation sites (tertiary alicyclic amines) is 1. The summed E-state index contributed by atoms with van der Waals surface area (Å²) in [5.41, 5.74) is 6.79. The molecule has 1 aromatic carbocycles. The average molecular weight is 304 g/mol. The molecule has 1 saturated heterocycles. The molecule has 3 rings (SSSR count). The van der Waals surface area contributed by atoms with Gasteiger partial charge in [-0.1, -0.05) is 19.4 Å². The predicted molar refractivity (Wildman–Crippen MR) is 87.1 cm³/mol. The fourth-order valence-electron chi connectivity index (χ4n) is 2.96. The van der Waals surface area contributed by atoms with Crippen molar-refractivity contribution in [2.24, 2.45) is 5.92 Å². The first-order valence-corrected chi connectivity index (χ1v) is 8.11. The highest BCUT2D eigenvalue weighted by Crippen LogP contribution is 2.40. The highest BCUT2D eigenvalue weighted by molar-refractivity contribution is 7.21. The number of fused-ring (bicyclic) bond motifs is 1. The van der Waals surface area contributed by atoms with E-state index in [2.05, 4.69) is 6.92 Å². The maximum Gasteiger partial charge on any atom is 0.266 e. The number of rotatable bonds is 3. The minimum absolute atomic E-state index is 0.0618. The van der Waals surface area contributed by atoms with Crippen molar-refractivity contribution >= 4 is 33.0 Å². The lowest BCUT2D eigenvalue weighted by Gasteiger charge is -2.15. The Hall–Kier alpha value is -1.75. The van der Waals surface area contributed by atoms with Gasteiger partial charge in [0.25, 0.3) is 5.91 Å². The minimum atomic E-state index is 0.0618. The molecule has 1 aromatic heterocycles. The number of anilines is 1. The Balaban J connectivity index is 1.98. The molecule has 1 fully saturated rings. The van der Waals surface area contributed by atoms with Crippen molar-refractivity contribution in [3.8, 4) is 5.75 Å². The van der Waals surface area contributed by atoms with E-state index < -0.39 is 0 Å². The second-order valence-corrected chi connectivity index (χ2v) is 6.54. The molecule has 2 N–H and O–H groups in total. The molecule has 21 heavy (non-hydrogen) atoms. The number of amides is 1. The average Bonchev–Trinajstić information content (AvgIpc) is 3.11. The largest absolute Gasteiger partial charge is 0.496 e. The van der Waals surface area contributed by atoms with Crippen LogP contribution in [0.2, 0.25) is 0 Å². The topological polar surface area (TPSA) is 55.6 Å². The standard InChI is InChI=1S/C16H20N2O2S/c1-3-10-7-8-18(9-10)16(19)15-14(17)13-11(20-2)5-4-6-12(13)21-15/h4-6,10H,3,7-9,17H2,1-2H3. The molecular weight excluding hydrogens is 284 g/mol. The number of ether oxygens (including phenoxy) is 1. The molecule has 2 heterocycles. The van der Waals surface area contributed by atoms with Crippen LogP contribution in [0.1, 0.15) is 29.4 Å². The van der Waals surface area contributed by atoms with E-state index in [1.807, 2.05) is 23.1 Å². The lowest BCUT2D eigenvalue weighted by atomic mass is 10.1. The first-order chi connectivity index (χ1) is 10.2. The van der Waals surface area contributed by atoms with Crippen LogP contribution in [-0.2, 0) is 0 Å². The fraction of sp³-hybridized carbons (Fsp3) is 0.438. The Kier molecular flexibility index (Phi) is 3.76. The number of carbonyl (C=O) groups is 1. The summed E-state index contributed by atoms with van der Waals surface area (Å²) < 4.78 is 6.36. The first-order valence-electron chi connectivity index (χ1n) is 7.30. The molecule has 112 valence electrons. The molecule has 1 unspecified atom stereocenters. The monoisotopic (exact) mass is 304 g/mol. The van der Waals surface area contributed by atoms with Gasteiger partial charge >= 0.3 is 0 Å². The van der Waals surface area contributed by atoms with Gasteiger partial charge in [-0.15, -0.1) is 11.3 Å². The van der Waals surface area contributed by atoms with Crippen LogP contribution < -0.4 is 10.5 Å². The Morgan fingerprint density at radius 1 is 1.52 bits per heavy atom. The number of nitrogen functional groups attached to an aromatic ring is 1. The minimum Gasteiger partial charge on any atom is -0.496 e. The molecule has 0 radical (unpaired) electrons. The van der Waals surface area contributed by atoms with Gasteiger partial charge in [0.2, 0.25) is 0 Å². The van der Waals surface area contributed by atoms with Crippen molar-refractivity contribution in [2.75, 3.05) is 25.9 Å². The van der Waals surface area contributed by atoms with E-state index in [-0.39, 0.29) is 5.91 Å². The van der Waals surface area contributed by atoms with Crippen molar-refractivity contribution in [3.05, 3.63) is 23.1 Å². The molecule has 1 aliphatic heterocycles. The zero-order chi connectivity index (χ0) is 15.0. The quantitative estimate of drug-likeness (QED) is 0.946. The van der Waals surface area contributed by atoms with E-state index >= 15 is 0 Å². The van der Waals surface area contributed by atoms with Gasteiger partial charge in [0, 0.05) is 17.8 Å². The van der Waals surface area contributed by atoms with Crippen LogP contribution in [0.4, 0.5) is 5.69 Å². The van der Waals surface area contributed by atoms with Crippen LogP contribution in [0, 0.1) is 5.92 Å². The zero-order valence-electron chi connectivity index (χ0n) is 12.4. The summed E-state index contributed by atoms with van der Waals surface area (Å²) in [5.74, 6) is 1.42. The van der Waals surface area contributed by atoms with E-state index in [4.69, 9.17) is 10.5 Å². The normalized spacial score (nSPS) is 18.4. The third-order valence-electron chi connectivity index (χ3n) is 4.28. The number of benzene rings is 1. The molecule has 0 spiro atoms. The van der Waals surface area contributed by atoms with Crippen LogP contribution in [0.5, 0.6) is 5.75 Å². The first kappa shape index (κ1) is 14.2. The molecular formula is C16H20N2O2S. The van der Waals surface area contributed by atoms with Crippen molar-refractivity contribution in [1.82, 2.24) is 4.90 Å². The summed E-state index contributed by atoms with van der Waals surface area (Å²) >= 11 is 1.46. The molecule has 1 amide bonds. The molecule has 0 bridgehead atoms. The predicted octanol–water partition coefficient (Wildman–Crippen LogP) is 3.36. The number of methoxy groups -OCH3 is 1. The summed E-state index contributed by atoms with van der Waals surface area (Å²) in [4.78, 5) is 15.3. The number of hydrogen-bond acceptors (Lipinski definition) is 4. The summed E-state index contributed by atoms with van der Waals surface area (Å²) in [5, 5.41) is 0.861. The number of hydrogen-bond donors (Lipinski definition) is 1. The van der Waals surface area contributed by atoms with Gasteiger partial charge in [-0.3, -0.25) is 4.79 Å².